The Labute approximate surface area is 92.5 Å². The number of aliphatic hydroxyl groups is 1. The van der Waals surface area contributed by atoms with Crippen molar-refractivity contribution in [2.75, 3.05) is 0 Å². The minimum absolute atomic E-state index is 0.358. The lowest BCUT2D eigenvalue weighted by Crippen LogP contribution is -2.03. The van der Waals surface area contributed by atoms with Gasteiger partial charge in [-0.05, 0) is 50.3 Å². The fourth-order valence-corrected chi connectivity index (χ4v) is 2.14. The van der Waals surface area contributed by atoms with E-state index < -0.39 is 0 Å². The molecule has 0 saturated heterocycles. The van der Waals surface area contributed by atoms with Crippen molar-refractivity contribution in [2.24, 2.45) is 0 Å². The third-order valence-corrected chi connectivity index (χ3v) is 2.72. The molecule has 1 unspecified atom stereocenters. The molecular weight excluding hydrogens is 184 g/mol. The normalized spacial score (nSPS) is 12.5. The summed E-state index contributed by atoms with van der Waals surface area (Å²) in [6, 6.07) is 4.25. The second-order valence-corrected chi connectivity index (χ2v) is 4.19. The molecule has 15 heavy (non-hydrogen) atoms. The van der Waals surface area contributed by atoms with Crippen molar-refractivity contribution in [1.82, 2.24) is 0 Å². The predicted molar refractivity (Wildman–Crippen MR) is 65.0 cm³/mol. The molecule has 0 spiro atoms. The second-order valence-electron chi connectivity index (χ2n) is 4.19. The van der Waals surface area contributed by atoms with Gasteiger partial charge in [0, 0.05) is 0 Å². The Morgan fingerprint density at radius 1 is 1.27 bits per heavy atom. The maximum Gasteiger partial charge on any atom is 0.0798 e. The van der Waals surface area contributed by atoms with E-state index in [0.29, 0.717) is 0 Å². The molecule has 1 nitrogen and oxygen atoms in total. The van der Waals surface area contributed by atoms with Crippen molar-refractivity contribution < 1.29 is 5.11 Å². The van der Waals surface area contributed by atoms with Crippen LogP contribution < -0.4 is 0 Å². The standard InChI is InChI=1S/C14H20O/c1-5-6-7-13(15)14-11(3)8-10(2)9-12(14)4/h5,8-9,13,15H,1,6-7H2,2-4H3. The van der Waals surface area contributed by atoms with Crippen molar-refractivity contribution >= 4 is 0 Å². The highest BCUT2D eigenvalue weighted by Crippen LogP contribution is 2.26. The van der Waals surface area contributed by atoms with Crippen LogP contribution in [0.2, 0.25) is 0 Å². The molecule has 1 heteroatoms. The Bertz CT molecular complexity index is 329. The number of hydrogen-bond donors (Lipinski definition) is 1. The zero-order valence-electron chi connectivity index (χ0n) is 9.88. The highest BCUT2D eigenvalue weighted by atomic mass is 16.3. The van der Waals surface area contributed by atoms with Crippen LogP contribution >= 0.6 is 0 Å². The lowest BCUT2D eigenvalue weighted by Gasteiger charge is -2.16. The van der Waals surface area contributed by atoms with Crippen molar-refractivity contribution in [3.8, 4) is 0 Å². The van der Waals surface area contributed by atoms with Crippen LogP contribution in [-0.4, -0.2) is 5.11 Å². The van der Waals surface area contributed by atoms with Crippen LogP contribution in [0, 0.1) is 20.8 Å². The smallest absolute Gasteiger partial charge is 0.0798 e. The van der Waals surface area contributed by atoms with Gasteiger partial charge in [-0.15, -0.1) is 6.58 Å². The quantitative estimate of drug-likeness (QED) is 0.743. The Morgan fingerprint density at radius 2 is 1.80 bits per heavy atom. The average molecular weight is 204 g/mol. The lowest BCUT2D eigenvalue weighted by atomic mass is 9.93. The molecule has 1 aromatic carbocycles. The Morgan fingerprint density at radius 3 is 2.27 bits per heavy atom. The Balaban J connectivity index is 2.97. The van der Waals surface area contributed by atoms with Crippen LogP contribution in [0.5, 0.6) is 0 Å². The van der Waals surface area contributed by atoms with E-state index in [4.69, 9.17) is 0 Å². The van der Waals surface area contributed by atoms with Crippen LogP contribution in [0.25, 0.3) is 0 Å². The zero-order chi connectivity index (χ0) is 11.4. The number of benzene rings is 1. The summed E-state index contributed by atoms with van der Waals surface area (Å²) in [5.41, 5.74) is 4.71. The van der Waals surface area contributed by atoms with Crippen LogP contribution in [-0.2, 0) is 0 Å². The van der Waals surface area contributed by atoms with E-state index in [0.717, 1.165) is 18.4 Å². The third kappa shape index (κ3) is 2.93. The van der Waals surface area contributed by atoms with E-state index in [1.807, 2.05) is 6.08 Å². The summed E-state index contributed by atoms with van der Waals surface area (Å²) in [4.78, 5) is 0. The highest BCUT2D eigenvalue weighted by molar-refractivity contribution is 5.38. The van der Waals surface area contributed by atoms with Crippen LogP contribution in [0.15, 0.2) is 24.8 Å². The van der Waals surface area contributed by atoms with Crippen LogP contribution in [0.3, 0.4) is 0 Å². The number of hydrogen-bond acceptors (Lipinski definition) is 1. The summed E-state index contributed by atoms with van der Waals surface area (Å²) in [5, 5.41) is 10.1. The monoisotopic (exact) mass is 204 g/mol. The van der Waals surface area contributed by atoms with E-state index >= 15 is 0 Å². The van der Waals surface area contributed by atoms with E-state index in [-0.39, 0.29) is 6.10 Å². The molecule has 0 aliphatic heterocycles. The summed E-state index contributed by atoms with van der Waals surface area (Å²) < 4.78 is 0. The molecule has 1 aromatic rings. The molecule has 0 saturated carbocycles. The molecule has 1 atom stereocenters. The SMILES string of the molecule is C=CCCC(O)c1c(C)cc(C)cc1C. The first-order valence-corrected chi connectivity index (χ1v) is 5.43. The number of rotatable bonds is 4. The molecule has 1 rings (SSSR count). The van der Waals surface area contributed by atoms with Crippen LogP contribution in [0.4, 0.5) is 0 Å². The van der Waals surface area contributed by atoms with Crippen molar-refractivity contribution in [2.45, 2.75) is 39.7 Å². The Kier molecular flexibility index (Phi) is 4.10. The highest BCUT2D eigenvalue weighted by Gasteiger charge is 2.12. The van der Waals surface area contributed by atoms with Crippen molar-refractivity contribution in [3.05, 3.63) is 47.0 Å². The molecular formula is C14H20O. The predicted octanol–water partition coefficient (Wildman–Crippen LogP) is 3.61. The first kappa shape index (κ1) is 12.0. The molecule has 0 heterocycles. The summed E-state index contributed by atoms with van der Waals surface area (Å²) in [5.74, 6) is 0. The zero-order valence-corrected chi connectivity index (χ0v) is 9.88. The molecule has 0 aromatic heterocycles. The summed E-state index contributed by atoms with van der Waals surface area (Å²) in [7, 11) is 0. The largest absolute Gasteiger partial charge is 0.388 e. The van der Waals surface area contributed by atoms with Gasteiger partial charge in [-0.25, -0.2) is 0 Å². The minimum atomic E-state index is -0.358. The second kappa shape index (κ2) is 5.13. The van der Waals surface area contributed by atoms with E-state index in [1.54, 1.807) is 0 Å². The molecule has 0 aliphatic carbocycles. The summed E-state index contributed by atoms with van der Waals surface area (Å²) >= 11 is 0. The van der Waals surface area contributed by atoms with Gasteiger partial charge in [0.15, 0.2) is 0 Å². The number of aliphatic hydroxyl groups excluding tert-OH is 1. The van der Waals surface area contributed by atoms with E-state index in [2.05, 4.69) is 39.5 Å². The summed E-state index contributed by atoms with van der Waals surface area (Å²) in [6.45, 7) is 9.88. The van der Waals surface area contributed by atoms with Gasteiger partial charge in [0.2, 0.25) is 0 Å². The fraction of sp³-hybridized carbons (Fsp3) is 0.429. The molecule has 82 valence electrons. The van der Waals surface area contributed by atoms with E-state index in [1.165, 1.54) is 16.7 Å². The molecule has 0 radical (unpaired) electrons. The molecule has 0 amide bonds. The van der Waals surface area contributed by atoms with Gasteiger partial charge < -0.3 is 5.11 Å². The lowest BCUT2D eigenvalue weighted by molar-refractivity contribution is 0.167. The minimum Gasteiger partial charge on any atom is -0.388 e. The molecule has 0 fully saturated rings. The van der Waals surface area contributed by atoms with Gasteiger partial charge in [0.1, 0.15) is 0 Å². The maximum atomic E-state index is 10.1. The van der Waals surface area contributed by atoms with Gasteiger partial charge >= 0.3 is 0 Å². The van der Waals surface area contributed by atoms with Gasteiger partial charge in [0.25, 0.3) is 0 Å². The topological polar surface area (TPSA) is 20.2 Å². The Hall–Kier alpha value is -1.08. The number of allylic oxidation sites excluding steroid dienone is 1. The maximum absolute atomic E-state index is 10.1. The average Bonchev–Trinajstić information content (AvgIpc) is 2.12. The first-order chi connectivity index (χ1) is 7.06. The number of aryl methyl sites for hydroxylation is 3. The van der Waals surface area contributed by atoms with Gasteiger partial charge in [-0.3, -0.25) is 0 Å². The van der Waals surface area contributed by atoms with Gasteiger partial charge in [0.05, 0.1) is 6.10 Å². The van der Waals surface area contributed by atoms with Crippen molar-refractivity contribution in [3.63, 3.8) is 0 Å². The molecule has 1 N–H and O–H groups in total. The molecule has 0 bridgehead atoms. The van der Waals surface area contributed by atoms with Gasteiger partial charge in [-0.2, -0.15) is 0 Å². The van der Waals surface area contributed by atoms with Crippen LogP contribution in [0.1, 0.15) is 41.2 Å². The molecule has 0 aliphatic rings. The van der Waals surface area contributed by atoms with Gasteiger partial charge in [-0.1, -0.05) is 23.8 Å². The fourth-order valence-electron chi connectivity index (χ4n) is 2.14. The summed E-state index contributed by atoms with van der Waals surface area (Å²) in [6.07, 6.45) is 3.10. The third-order valence-electron chi connectivity index (χ3n) is 2.72. The van der Waals surface area contributed by atoms with E-state index in [9.17, 15) is 5.11 Å². The first-order valence-electron chi connectivity index (χ1n) is 5.43. The van der Waals surface area contributed by atoms with Crippen molar-refractivity contribution in [1.29, 1.82) is 0 Å².